The number of hydrogen-bond donors (Lipinski definition) is 1. The van der Waals surface area contributed by atoms with Crippen molar-refractivity contribution in [3.8, 4) is 0 Å². The lowest BCUT2D eigenvalue weighted by atomic mass is 10.3. The molecule has 2 atom stereocenters. The van der Waals surface area contributed by atoms with Crippen molar-refractivity contribution in [2.75, 3.05) is 37.9 Å². The van der Waals surface area contributed by atoms with E-state index in [1.807, 2.05) is 6.92 Å². The van der Waals surface area contributed by atoms with Crippen LogP contribution in [0.15, 0.2) is 0 Å². The Labute approximate surface area is 99.3 Å². The van der Waals surface area contributed by atoms with Crippen LogP contribution in [0.3, 0.4) is 0 Å². The summed E-state index contributed by atoms with van der Waals surface area (Å²) < 4.78 is 15.0. The monoisotopic (exact) mass is 243 g/mol. The molecule has 16 heavy (non-hydrogen) atoms. The number of anilines is 2. The van der Waals surface area contributed by atoms with Crippen LogP contribution in [-0.4, -0.2) is 43.9 Å². The molecule has 0 bridgehead atoms. The standard InChI is InChI=1S/C10H17N3O2S/c1-6-9(11)12-16-10(6)13-4-7(14-2)8(5-13)15-3/h7-8H,4-5H2,1-3H3,(H2,11,12). The van der Waals surface area contributed by atoms with Gasteiger partial charge in [-0.15, -0.1) is 0 Å². The first-order chi connectivity index (χ1) is 7.67. The molecule has 0 spiro atoms. The number of aromatic nitrogens is 1. The van der Waals surface area contributed by atoms with E-state index in [0.717, 1.165) is 23.7 Å². The molecule has 1 aromatic rings. The summed E-state index contributed by atoms with van der Waals surface area (Å²) in [7, 11) is 3.43. The van der Waals surface area contributed by atoms with Gasteiger partial charge in [0.15, 0.2) is 0 Å². The van der Waals surface area contributed by atoms with E-state index in [9.17, 15) is 0 Å². The second-order valence-electron chi connectivity index (χ2n) is 3.95. The minimum Gasteiger partial charge on any atom is -0.383 e. The van der Waals surface area contributed by atoms with Crippen LogP contribution in [0.2, 0.25) is 0 Å². The number of ether oxygens (including phenoxy) is 2. The molecule has 1 aliphatic rings. The van der Waals surface area contributed by atoms with Crippen LogP contribution in [0.1, 0.15) is 5.56 Å². The second kappa shape index (κ2) is 4.57. The van der Waals surface area contributed by atoms with E-state index in [1.165, 1.54) is 11.5 Å². The Morgan fingerprint density at radius 3 is 2.25 bits per heavy atom. The third kappa shape index (κ3) is 1.88. The van der Waals surface area contributed by atoms with Crippen molar-refractivity contribution in [3.05, 3.63) is 5.56 Å². The maximum atomic E-state index is 5.75. The predicted octanol–water partition coefficient (Wildman–Crippen LogP) is 0.884. The third-order valence-electron chi connectivity index (χ3n) is 3.04. The van der Waals surface area contributed by atoms with Crippen molar-refractivity contribution >= 4 is 22.4 Å². The summed E-state index contributed by atoms with van der Waals surface area (Å²) >= 11 is 1.44. The maximum Gasteiger partial charge on any atom is 0.142 e. The molecular formula is C10H17N3O2S. The van der Waals surface area contributed by atoms with Gasteiger partial charge >= 0.3 is 0 Å². The van der Waals surface area contributed by atoms with Crippen molar-refractivity contribution in [3.63, 3.8) is 0 Å². The zero-order chi connectivity index (χ0) is 11.7. The first kappa shape index (κ1) is 11.6. The highest BCUT2D eigenvalue weighted by molar-refractivity contribution is 7.10. The minimum atomic E-state index is 0.118. The third-order valence-corrected chi connectivity index (χ3v) is 4.07. The van der Waals surface area contributed by atoms with Crippen LogP contribution in [0.25, 0.3) is 0 Å². The number of nitrogens with two attached hydrogens (primary N) is 1. The molecule has 6 heteroatoms. The summed E-state index contributed by atoms with van der Waals surface area (Å²) in [4.78, 5) is 2.23. The van der Waals surface area contributed by atoms with Crippen molar-refractivity contribution in [1.29, 1.82) is 0 Å². The lowest BCUT2D eigenvalue weighted by Crippen LogP contribution is -2.27. The zero-order valence-electron chi connectivity index (χ0n) is 9.77. The van der Waals surface area contributed by atoms with Crippen LogP contribution in [-0.2, 0) is 9.47 Å². The number of nitrogens with zero attached hydrogens (tertiary/aromatic N) is 2. The Bertz CT molecular complexity index is 357. The van der Waals surface area contributed by atoms with E-state index in [2.05, 4.69) is 9.27 Å². The van der Waals surface area contributed by atoms with Gasteiger partial charge in [-0.2, -0.15) is 4.37 Å². The predicted molar refractivity (Wildman–Crippen MR) is 65.1 cm³/mol. The fourth-order valence-electron chi connectivity index (χ4n) is 2.00. The molecular weight excluding hydrogens is 226 g/mol. The average molecular weight is 243 g/mol. The van der Waals surface area contributed by atoms with E-state index in [1.54, 1.807) is 14.2 Å². The summed E-state index contributed by atoms with van der Waals surface area (Å²) in [6, 6.07) is 0. The number of rotatable bonds is 3. The fraction of sp³-hybridized carbons (Fsp3) is 0.700. The molecule has 5 nitrogen and oxygen atoms in total. The lowest BCUT2D eigenvalue weighted by Gasteiger charge is -2.15. The quantitative estimate of drug-likeness (QED) is 0.854. The second-order valence-corrected chi connectivity index (χ2v) is 4.70. The Morgan fingerprint density at radius 1 is 1.31 bits per heavy atom. The highest BCUT2D eigenvalue weighted by Crippen LogP contribution is 2.32. The Kier molecular flexibility index (Phi) is 3.32. The van der Waals surface area contributed by atoms with Gasteiger partial charge in [0.05, 0.1) is 0 Å². The van der Waals surface area contributed by atoms with Gasteiger partial charge in [0.1, 0.15) is 23.0 Å². The van der Waals surface area contributed by atoms with E-state index in [4.69, 9.17) is 15.2 Å². The van der Waals surface area contributed by atoms with Crippen molar-refractivity contribution in [2.45, 2.75) is 19.1 Å². The van der Waals surface area contributed by atoms with E-state index < -0.39 is 0 Å². The Balaban J connectivity index is 2.16. The van der Waals surface area contributed by atoms with Crippen molar-refractivity contribution in [1.82, 2.24) is 4.37 Å². The molecule has 1 saturated heterocycles. The minimum absolute atomic E-state index is 0.118. The first-order valence-electron chi connectivity index (χ1n) is 5.19. The number of hydrogen-bond acceptors (Lipinski definition) is 6. The Morgan fingerprint density at radius 2 is 1.88 bits per heavy atom. The fourth-order valence-corrected chi connectivity index (χ4v) is 2.82. The summed E-state index contributed by atoms with van der Waals surface area (Å²) in [5.74, 6) is 0.620. The highest BCUT2D eigenvalue weighted by Gasteiger charge is 2.34. The van der Waals surface area contributed by atoms with Crippen LogP contribution in [0, 0.1) is 6.92 Å². The molecule has 1 aliphatic heterocycles. The van der Waals surface area contributed by atoms with E-state index in [0.29, 0.717) is 5.82 Å². The van der Waals surface area contributed by atoms with Crippen LogP contribution < -0.4 is 10.6 Å². The SMILES string of the molecule is COC1CN(c2snc(N)c2C)CC1OC. The van der Waals surface area contributed by atoms with Crippen molar-refractivity contribution in [2.24, 2.45) is 0 Å². The van der Waals surface area contributed by atoms with Crippen LogP contribution in [0.4, 0.5) is 10.8 Å². The van der Waals surface area contributed by atoms with Gasteiger partial charge in [-0.05, 0) is 18.5 Å². The van der Waals surface area contributed by atoms with Gasteiger partial charge in [0.25, 0.3) is 0 Å². The van der Waals surface area contributed by atoms with Gasteiger partial charge in [0, 0.05) is 32.9 Å². The number of methoxy groups -OCH3 is 2. The summed E-state index contributed by atoms with van der Waals surface area (Å²) in [6.45, 7) is 3.66. The van der Waals surface area contributed by atoms with Gasteiger partial charge in [0.2, 0.25) is 0 Å². The molecule has 2 rings (SSSR count). The van der Waals surface area contributed by atoms with Gasteiger partial charge in [-0.25, -0.2) is 0 Å². The molecule has 0 amide bonds. The van der Waals surface area contributed by atoms with Crippen LogP contribution in [0.5, 0.6) is 0 Å². The largest absolute Gasteiger partial charge is 0.383 e. The first-order valence-corrected chi connectivity index (χ1v) is 5.97. The summed E-state index contributed by atoms with van der Waals surface area (Å²) in [6.07, 6.45) is 0.237. The van der Waals surface area contributed by atoms with E-state index >= 15 is 0 Å². The highest BCUT2D eigenvalue weighted by atomic mass is 32.1. The van der Waals surface area contributed by atoms with Gasteiger partial charge in [-0.1, -0.05) is 0 Å². The molecule has 0 radical (unpaired) electrons. The average Bonchev–Trinajstić information content (AvgIpc) is 2.84. The smallest absolute Gasteiger partial charge is 0.142 e. The van der Waals surface area contributed by atoms with Gasteiger partial charge in [-0.3, -0.25) is 0 Å². The van der Waals surface area contributed by atoms with E-state index in [-0.39, 0.29) is 12.2 Å². The zero-order valence-corrected chi connectivity index (χ0v) is 10.6. The molecule has 2 heterocycles. The molecule has 0 aliphatic carbocycles. The number of nitrogen functional groups attached to an aromatic ring is 1. The van der Waals surface area contributed by atoms with Crippen LogP contribution >= 0.6 is 11.5 Å². The molecule has 1 fully saturated rings. The molecule has 0 saturated carbocycles. The van der Waals surface area contributed by atoms with Gasteiger partial charge < -0.3 is 20.1 Å². The molecule has 1 aromatic heterocycles. The molecule has 2 N–H and O–H groups in total. The van der Waals surface area contributed by atoms with Crippen molar-refractivity contribution < 1.29 is 9.47 Å². The Hall–Kier alpha value is -0.850. The topological polar surface area (TPSA) is 60.6 Å². The lowest BCUT2D eigenvalue weighted by molar-refractivity contribution is -0.00461. The molecule has 0 aromatic carbocycles. The molecule has 90 valence electrons. The molecule has 2 unspecified atom stereocenters. The maximum absolute atomic E-state index is 5.75. The summed E-state index contributed by atoms with van der Waals surface area (Å²) in [5.41, 5.74) is 6.81. The normalized spacial score (nSPS) is 25.3. The summed E-state index contributed by atoms with van der Waals surface area (Å²) in [5, 5.41) is 1.12.